The van der Waals surface area contributed by atoms with Gasteiger partial charge in [-0.3, -0.25) is 0 Å². The van der Waals surface area contributed by atoms with Gasteiger partial charge in [-0.25, -0.2) is 4.98 Å². The topological polar surface area (TPSA) is 24.9 Å². The van der Waals surface area contributed by atoms with Crippen LogP contribution >= 0.6 is 11.6 Å². The Hall–Kier alpha value is -1.75. The molecule has 0 aliphatic carbocycles. The Morgan fingerprint density at radius 1 is 1.10 bits per heavy atom. The van der Waals surface area contributed by atoms with Gasteiger partial charge in [0.05, 0.1) is 5.69 Å². The van der Waals surface area contributed by atoms with Crippen LogP contribution in [-0.4, -0.2) is 11.5 Å². The van der Waals surface area contributed by atoms with Crippen LogP contribution in [0.2, 0.25) is 5.15 Å². The quantitative estimate of drug-likeness (QED) is 0.846. The van der Waals surface area contributed by atoms with Gasteiger partial charge < -0.3 is 5.32 Å². The van der Waals surface area contributed by atoms with Crippen molar-refractivity contribution >= 4 is 17.3 Å². The molecule has 0 saturated carbocycles. The third kappa shape index (κ3) is 3.63. The lowest BCUT2D eigenvalue weighted by atomic mass is 10.1. The van der Waals surface area contributed by atoms with Gasteiger partial charge in [0.1, 0.15) is 10.7 Å². The summed E-state index contributed by atoms with van der Waals surface area (Å²) in [5.74, 6) is 0. The Labute approximate surface area is 119 Å². The summed E-state index contributed by atoms with van der Waals surface area (Å²) in [6, 6.07) is 10.8. The van der Waals surface area contributed by atoms with Gasteiger partial charge in [-0.1, -0.05) is 41.9 Å². The fourth-order valence-electron chi connectivity index (χ4n) is 1.84. The van der Waals surface area contributed by atoms with Gasteiger partial charge in [0.2, 0.25) is 0 Å². The minimum atomic E-state index is -4.53. The first-order chi connectivity index (χ1) is 9.48. The number of benzene rings is 1. The van der Waals surface area contributed by atoms with E-state index < -0.39 is 16.9 Å². The third-order valence-corrected chi connectivity index (χ3v) is 3.05. The number of nitrogens with one attached hydrogen (secondary N) is 1. The van der Waals surface area contributed by atoms with Crippen molar-refractivity contribution in [2.45, 2.75) is 12.6 Å². The molecule has 0 spiro atoms. The van der Waals surface area contributed by atoms with Crippen LogP contribution in [0.25, 0.3) is 0 Å². The number of anilines is 1. The maximum Gasteiger partial charge on any atom is 0.421 e. The lowest BCUT2D eigenvalue weighted by Gasteiger charge is -2.15. The molecule has 0 bridgehead atoms. The van der Waals surface area contributed by atoms with Crippen molar-refractivity contribution in [3.63, 3.8) is 0 Å². The second-order valence-corrected chi connectivity index (χ2v) is 4.54. The Balaban J connectivity index is 2.08. The molecule has 6 heteroatoms. The molecule has 0 fully saturated rings. The van der Waals surface area contributed by atoms with Gasteiger partial charge >= 0.3 is 6.18 Å². The number of hydrogen-bond acceptors (Lipinski definition) is 2. The molecule has 1 heterocycles. The summed E-state index contributed by atoms with van der Waals surface area (Å²) in [6.07, 6.45) is -2.65. The molecule has 20 heavy (non-hydrogen) atoms. The van der Waals surface area contributed by atoms with E-state index in [0.717, 1.165) is 5.56 Å². The lowest BCUT2D eigenvalue weighted by molar-refractivity contribution is -0.137. The number of nitrogens with zero attached hydrogens (tertiary/aromatic N) is 1. The van der Waals surface area contributed by atoms with Crippen LogP contribution in [0.1, 0.15) is 11.1 Å². The van der Waals surface area contributed by atoms with Crippen LogP contribution in [0.3, 0.4) is 0 Å². The van der Waals surface area contributed by atoms with Crippen LogP contribution in [0.4, 0.5) is 18.9 Å². The van der Waals surface area contributed by atoms with Crippen molar-refractivity contribution in [3.8, 4) is 0 Å². The zero-order valence-electron chi connectivity index (χ0n) is 10.4. The highest BCUT2D eigenvalue weighted by Crippen LogP contribution is 2.38. The van der Waals surface area contributed by atoms with Crippen LogP contribution in [0, 0.1) is 0 Å². The standard InChI is InChI=1S/C14H12ClF3N2/c15-13-12(14(16,17)18)11(7-9-20-13)19-8-6-10-4-2-1-3-5-10/h1-5,7,9H,6,8H2,(H,19,20). The molecule has 1 aromatic heterocycles. The summed E-state index contributed by atoms with van der Waals surface area (Å²) in [4.78, 5) is 3.48. The van der Waals surface area contributed by atoms with Crippen molar-refractivity contribution in [1.82, 2.24) is 4.98 Å². The van der Waals surface area contributed by atoms with E-state index in [0.29, 0.717) is 13.0 Å². The molecule has 0 amide bonds. The van der Waals surface area contributed by atoms with Gasteiger partial charge in [0.25, 0.3) is 0 Å². The smallest absolute Gasteiger partial charge is 0.384 e. The Morgan fingerprint density at radius 3 is 2.45 bits per heavy atom. The van der Waals surface area contributed by atoms with Gasteiger partial charge in [0, 0.05) is 12.7 Å². The van der Waals surface area contributed by atoms with E-state index in [1.807, 2.05) is 30.3 Å². The summed E-state index contributed by atoms with van der Waals surface area (Å²) >= 11 is 5.54. The van der Waals surface area contributed by atoms with Crippen LogP contribution in [0.15, 0.2) is 42.6 Å². The second kappa shape index (κ2) is 6.13. The molecule has 1 aromatic carbocycles. The first-order valence-corrected chi connectivity index (χ1v) is 6.36. The molecule has 0 saturated heterocycles. The average molecular weight is 301 g/mol. The first kappa shape index (κ1) is 14.7. The summed E-state index contributed by atoms with van der Waals surface area (Å²) < 4.78 is 38.7. The Bertz CT molecular complexity index is 570. The maximum atomic E-state index is 12.9. The third-order valence-electron chi connectivity index (χ3n) is 2.76. The summed E-state index contributed by atoms with van der Waals surface area (Å²) in [7, 11) is 0. The van der Waals surface area contributed by atoms with Gasteiger partial charge in [-0.15, -0.1) is 0 Å². The van der Waals surface area contributed by atoms with E-state index in [-0.39, 0.29) is 5.69 Å². The van der Waals surface area contributed by atoms with Crippen LogP contribution in [-0.2, 0) is 12.6 Å². The molecular weight excluding hydrogens is 289 g/mol. The highest BCUT2D eigenvalue weighted by Gasteiger charge is 2.36. The zero-order valence-corrected chi connectivity index (χ0v) is 11.2. The summed E-state index contributed by atoms with van der Waals surface area (Å²) in [5.41, 5.74) is 0.0804. The molecule has 106 valence electrons. The minimum absolute atomic E-state index is 0.0477. The number of hydrogen-bond donors (Lipinski definition) is 1. The molecule has 2 aromatic rings. The van der Waals surface area contributed by atoms with Crippen LogP contribution in [0.5, 0.6) is 0 Å². The number of rotatable bonds is 4. The number of alkyl halides is 3. The molecule has 0 atom stereocenters. The van der Waals surface area contributed by atoms with E-state index in [9.17, 15) is 13.2 Å². The molecule has 0 aliphatic rings. The summed E-state index contributed by atoms with van der Waals surface area (Å²) in [5, 5.41) is 2.23. The summed E-state index contributed by atoms with van der Waals surface area (Å²) in [6.45, 7) is 0.382. The predicted molar refractivity (Wildman–Crippen MR) is 72.9 cm³/mol. The number of aromatic nitrogens is 1. The Kier molecular flexibility index (Phi) is 4.49. The largest absolute Gasteiger partial charge is 0.421 e. The first-order valence-electron chi connectivity index (χ1n) is 5.98. The van der Waals surface area contributed by atoms with E-state index in [4.69, 9.17) is 11.6 Å². The molecule has 1 N–H and O–H groups in total. The van der Waals surface area contributed by atoms with E-state index in [1.165, 1.54) is 12.3 Å². The predicted octanol–water partition coefficient (Wildman–Crippen LogP) is 4.41. The van der Waals surface area contributed by atoms with Crippen molar-refractivity contribution in [2.24, 2.45) is 0 Å². The Morgan fingerprint density at radius 2 is 1.80 bits per heavy atom. The fraction of sp³-hybridized carbons (Fsp3) is 0.214. The molecule has 0 aliphatic heterocycles. The molecule has 2 rings (SSSR count). The highest BCUT2D eigenvalue weighted by atomic mass is 35.5. The second-order valence-electron chi connectivity index (χ2n) is 4.18. The van der Waals surface area contributed by atoms with Crippen LogP contribution < -0.4 is 5.32 Å². The number of halogens is 4. The monoisotopic (exact) mass is 300 g/mol. The lowest BCUT2D eigenvalue weighted by Crippen LogP contribution is -2.14. The molecule has 0 unspecified atom stereocenters. The van der Waals surface area contributed by atoms with E-state index in [2.05, 4.69) is 10.3 Å². The normalized spacial score (nSPS) is 11.4. The van der Waals surface area contributed by atoms with Gasteiger partial charge in [-0.05, 0) is 18.1 Å². The highest BCUT2D eigenvalue weighted by molar-refractivity contribution is 6.30. The van der Waals surface area contributed by atoms with E-state index in [1.54, 1.807) is 0 Å². The molecular formula is C14H12ClF3N2. The zero-order chi connectivity index (χ0) is 14.6. The maximum absolute atomic E-state index is 12.9. The SMILES string of the molecule is FC(F)(F)c1c(NCCc2ccccc2)ccnc1Cl. The van der Waals surface area contributed by atoms with Crippen molar-refractivity contribution in [1.29, 1.82) is 0 Å². The van der Waals surface area contributed by atoms with Crippen molar-refractivity contribution < 1.29 is 13.2 Å². The van der Waals surface area contributed by atoms with E-state index >= 15 is 0 Å². The van der Waals surface area contributed by atoms with Gasteiger partial charge in [-0.2, -0.15) is 13.2 Å². The van der Waals surface area contributed by atoms with Crippen molar-refractivity contribution in [2.75, 3.05) is 11.9 Å². The molecule has 2 nitrogen and oxygen atoms in total. The van der Waals surface area contributed by atoms with Gasteiger partial charge in [0.15, 0.2) is 0 Å². The average Bonchev–Trinajstić information content (AvgIpc) is 2.38. The minimum Gasteiger partial charge on any atom is -0.384 e. The van der Waals surface area contributed by atoms with Crippen molar-refractivity contribution in [3.05, 3.63) is 58.9 Å². The fourth-order valence-corrected chi connectivity index (χ4v) is 2.10. The molecule has 0 radical (unpaired) electrons. The number of pyridine rings is 1.